The first-order valence-corrected chi connectivity index (χ1v) is 12.7. The van der Waals surface area contributed by atoms with Gasteiger partial charge in [-0.2, -0.15) is 0 Å². The van der Waals surface area contributed by atoms with Crippen molar-refractivity contribution in [3.63, 3.8) is 0 Å². The van der Waals surface area contributed by atoms with Gasteiger partial charge in [0, 0.05) is 57.4 Å². The largest absolute Gasteiger partial charge is 0.338 e. The van der Waals surface area contributed by atoms with Crippen molar-refractivity contribution in [2.75, 3.05) is 39.3 Å². The lowest BCUT2D eigenvalue weighted by Gasteiger charge is -2.32. The summed E-state index contributed by atoms with van der Waals surface area (Å²) in [5, 5.41) is 3.30. The molecule has 2 amide bonds. The fraction of sp³-hybridized carbons (Fsp3) is 0.500. The summed E-state index contributed by atoms with van der Waals surface area (Å²) in [6, 6.07) is 13.8. The molecule has 188 valence electrons. The minimum atomic E-state index is -0.477. The predicted octanol–water partition coefficient (Wildman–Crippen LogP) is 3.31. The monoisotopic (exact) mass is 480 g/mol. The summed E-state index contributed by atoms with van der Waals surface area (Å²) in [6.07, 6.45) is 0.605. The Kier molecular flexibility index (Phi) is 8.19. The predicted molar refractivity (Wildman–Crippen MR) is 136 cm³/mol. The summed E-state index contributed by atoms with van der Waals surface area (Å²) in [7, 11) is 0. The van der Waals surface area contributed by atoms with Crippen LogP contribution < -0.4 is 5.32 Å². The molecule has 0 saturated carbocycles. The third-order valence-electron chi connectivity index (χ3n) is 6.97. The lowest BCUT2D eigenvalue weighted by Crippen LogP contribution is -2.53. The van der Waals surface area contributed by atoms with E-state index in [9.17, 15) is 14.0 Å². The molecule has 6 nitrogen and oxygen atoms in total. The number of likely N-dealkylation sites (tertiary alicyclic amines) is 1. The van der Waals surface area contributed by atoms with E-state index in [2.05, 4.69) is 24.1 Å². The maximum Gasteiger partial charge on any atom is 0.254 e. The normalized spacial score (nSPS) is 20.6. The Balaban J connectivity index is 1.59. The van der Waals surface area contributed by atoms with E-state index >= 15 is 0 Å². The van der Waals surface area contributed by atoms with E-state index in [0.29, 0.717) is 44.1 Å². The Labute approximate surface area is 208 Å². The second-order valence-electron chi connectivity index (χ2n) is 10.3. The number of carbonyl (C=O) groups excluding carboxylic acids is 2. The molecule has 2 aliphatic rings. The molecule has 2 unspecified atom stereocenters. The van der Waals surface area contributed by atoms with Gasteiger partial charge in [-0.25, -0.2) is 4.39 Å². The molecule has 2 saturated heterocycles. The van der Waals surface area contributed by atoms with E-state index in [1.807, 2.05) is 48.2 Å². The maximum atomic E-state index is 13.6. The highest BCUT2D eigenvalue weighted by atomic mass is 19.1. The maximum absolute atomic E-state index is 13.6. The van der Waals surface area contributed by atoms with Crippen molar-refractivity contribution in [2.24, 2.45) is 5.92 Å². The Morgan fingerprint density at radius 2 is 1.71 bits per heavy atom. The second kappa shape index (κ2) is 11.3. The standard InChI is InChI=1S/C28H37FN4O2/c1-20(2)17-32(18-22-6-10-24(29)11-7-22)25-16-26(28(35)31-14-12-30-13-15-31)33(19-25)27(34)23-8-4-21(3)5-9-23/h4-11,20,25-26,30H,12-19H2,1-3H3. The number of rotatable bonds is 7. The summed E-state index contributed by atoms with van der Waals surface area (Å²) in [5.41, 5.74) is 2.74. The van der Waals surface area contributed by atoms with Gasteiger partial charge in [0.2, 0.25) is 5.91 Å². The zero-order chi connectivity index (χ0) is 24.9. The number of piperazine rings is 1. The van der Waals surface area contributed by atoms with Gasteiger partial charge in [-0.15, -0.1) is 0 Å². The number of nitrogens with one attached hydrogen (secondary N) is 1. The zero-order valence-corrected chi connectivity index (χ0v) is 21.0. The van der Waals surface area contributed by atoms with Crippen LogP contribution in [-0.4, -0.2) is 77.9 Å². The van der Waals surface area contributed by atoms with Crippen molar-refractivity contribution < 1.29 is 14.0 Å². The van der Waals surface area contributed by atoms with Gasteiger partial charge in [-0.1, -0.05) is 43.7 Å². The van der Waals surface area contributed by atoms with E-state index in [-0.39, 0.29) is 23.7 Å². The molecule has 2 aromatic rings. The molecule has 2 heterocycles. The second-order valence-corrected chi connectivity index (χ2v) is 10.3. The lowest BCUT2D eigenvalue weighted by molar-refractivity contribution is -0.135. The van der Waals surface area contributed by atoms with Crippen LogP contribution in [0.4, 0.5) is 4.39 Å². The number of hydrogen-bond donors (Lipinski definition) is 1. The van der Waals surface area contributed by atoms with Gasteiger partial charge in [-0.3, -0.25) is 14.5 Å². The van der Waals surface area contributed by atoms with Crippen LogP contribution in [0.5, 0.6) is 0 Å². The minimum absolute atomic E-state index is 0.0424. The Bertz CT molecular complexity index is 1000. The lowest BCUT2D eigenvalue weighted by atomic mass is 10.1. The average molecular weight is 481 g/mol. The number of benzene rings is 2. The van der Waals surface area contributed by atoms with Gasteiger partial charge in [0.05, 0.1) is 0 Å². The first-order valence-electron chi connectivity index (χ1n) is 12.7. The topological polar surface area (TPSA) is 55.9 Å². The third-order valence-corrected chi connectivity index (χ3v) is 6.97. The van der Waals surface area contributed by atoms with Crippen molar-refractivity contribution >= 4 is 11.8 Å². The summed E-state index contributed by atoms with van der Waals surface area (Å²) in [4.78, 5) is 33.3. The van der Waals surface area contributed by atoms with Crippen LogP contribution in [0.15, 0.2) is 48.5 Å². The molecule has 1 N–H and O–H groups in total. The van der Waals surface area contributed by atoms with Crippen molar-refractivity contribution in [3.8, 4) is 0 Å². The zero-order valence-electron chi connectivity index (χ0n) is 21.0. The van der Waals surface area contributed by atoms with Crippen LogP contribution in [0.1, 0.15) is 41.8 Å². The number of halogens is 1. The molecule has 2 aromatic carbocycles. The van der Waals surface area contributed by atoms with Gasteiger partial charge in [0.1, 0.15) is 11.9 Å². The molecule has 7 heteroatoms. The number of nitrogens with zero attached hydrogens (tertiary/aromatic N) is 3. The van der Waals surface area contributed by atoms with Crippen LogP contribution in [0.25, 0.3) is 0 Å². The summed E-state index contributed by atoms with van der Waals surface area (Å²) >= 11 is 0. The first kappa shape index (κ1) is 25.3. The molecule has 0 aromatic heterocycles. The van der Waals surface area contributed by atoms with Crippen LogP contribution in [0, 0.1) is 18.7 Å². The molecule has 0 bridgehead atoms. The smallest absolute Gasteiger partial charge is 0.254 e. The fourth-order valence-electron chi connectivity index (χ4n) is 5.13. The summed E-state index contributed by atoms with van der Waals surface area (Å²) in [6.45, 7) is 11.2. The quantitative estimate of drug-likeness (QED) is 0.661. The van der Waals surface area contributed by atoms with E-state index in [0.717, 1.165) is 30.8 Å². The van der Waals surface area contributed by atoms with Crippen molar-refractivity contribution in [1.29, 1.82) is 0 Å². The van der Waals surface area contributed by atoms with Gasteiger partial charge >= 0.3 is 0 Å². The summed E-state index contributed by atoms with van der Waals surface area (Å²) in [5.74, 6) is 0.120. The van der Waals surface area contributed by atoms with E-state index in [1.165, 1.54) is 12.1 Å². The molecule has 35 heavy (non-hydrogen) atoms. The molecule has 2 fully saturated rings. The fourth-order valence-corrected chi connectivity index (χ4v) is 5.13. The minimum Gasteiger partial charge on any atom is -0.338 e. The Morgan fingerprint density at radius 1 is 1.06 bits per heavy atom. The number of hydrogen-bond acceptors (Lipinski definition) is 4. The average Bonchev–Trinajstić information content (AvgIpc) is 3.30. The molecular weight excluding hydrogens is 443 g/mol. The van der Waals surface area contributed by atoms with Gasteiger partial charge < -0.3 is 15.1 Å². The van der Waals surface area contributed by atoms with Crippen molar-refractivity contribution in [2.45, 2.75) is 45.8 Å². The number of aryl methyl sites for hydroxylation is 1. The Morgan fingerprint density at radius 3 is 2.34 bits per heavy atom. The molecular formula is C28H37FN4O2. The molecule has 4 rings (SSSR count). The summed E-state index contributed by atoms with van der Waals surface area (Å²) < 4.78 is 13.5. The van der Waals surface area contributed by atoms with E-state index in [1.54, 1.807) is 4.90 Å². The highest BCUT2D eigenvalue weighted by molar-refractivity contribution is 5.98. The van der Waals surface area contributed by atoms with Crippen LogP contribution in [0.3, 0.4) is 0 Å². The third kappa shape index (κ3) is 6.27. The molecule has 0 aliphatic carbocycles. The SMILES string of the molecule is Cc1ccc(C(=O)N2CC(N(Cc3ccc(F)cc3)CC(C)C)CC2C(=O)N2CCNCC2)cc1. The first-order chi connectivity index (χ1) is 16.8. The molecule has 0 spiro atoms. The van der Waals surface area contributed by atoms with Gasteiger partial charge in [0.15, 0.2) is 0 Å². The van der Waals surface area contributed by atoms with Crippen molar-refractivity contribution in [1.82, 2.24) is 20.0 Å². The number of carbonyl (C=O) groups is 2. The van der Waals surface area contributed by atoms with E-state index < -0.39 is 6.04 Å². The van der Waals surface area contributed by atoms with E-state index in [4.69, 9.17) is 0 Å². The molecule has 2 atom stereocenters. The van der Waals surface area contributed by atoms with Gasteiger partial charge in [0.25, 0.3) is 5.91 Å². The van der Waals surface area contributed by atoms with Crippen LogP contribution >= 0.6 is 0 Å². The number of amides is 2. The van der Waals surface area contributed by atoms with Crippen LogP contribution in [0.2, 0.25) is 0 Å². The molecule has 2 aliphatic heterocycles. The highest BCUT2D eigenvalue weighted by Gasteiger charge is 2.43. The van der Waals surface area contributed by atoms with Crippen molar-refractivity contribution in [3.05, 3.63) is 71.0 Å². The Hall–Kier alpha value is -2.77. The molecule has 0 radical (unpaired) electrons. The van der Waals surface area contributed by atoms with Gasteiger partial charge in [-0.05, 0) is 49.1 Å². The highest BCUT2D eigenvalue weighted by Crippen LogP contribution is 2.28. The van der Waals surface area contributed by atoms with Crippen LogP contribution in [-0.2, 0) is 11.3 Å².